The minimum Gasteiger partial charge on any atom is -0.310 e. The number of hydrogen-bond donors (Lipinski definition) is 0. The average Bonchev–Trinajstić information content (AvgIpc) is 3.73. The highest BCUT2D eigenvalue weighted by Crippen LogP contribution is 2.65. The van der Waals surface area contributed by atoms with E-state index in [0.29, 0.717) is 0 Å². The van der Waals surface area contributed by atoms with Crippen LogP contribution in [-0.2, 0) is 10.8 Å². The fourth-order valence-electron chi connectivity index (χ4n) is 10.9. The molecule has 0 amide bonds. The van der Waals surface area contributed by atoms with E-state index < -0.39 is 5.41 Å². The summed E-state index contributed by atoms with van der Waals surface area (Å²) in [6.07, 6.45) is 0. The molecule has 0 radical (unpaired) electrons. The number of nitrogens with zero attached hydrogens (tertiary/aromatic N) is 2. The van der Waals surface area contributed by atoms with Crippen molar-refractivity contribution >= 4 is 34.1 Å². The van der Waals surface area contributed by atoms with Crippen molar-refractivity contribution in [2.45, 2.75) is 24.7 Å². The summed E-state index contributed by atoms with van der Waals surface area (Å²) in [6.45, 7) is 4.71. The zero-order valence-corrected chi connectivity index (χ0v) is 33.7. The van der Waals surface area contributed by atoms with Crippen molar-refractivity contribution in [3.05, 3.63) is 252 Å². The van der Waals surface area contributed by atoms with Gasteiger partial charge in [0.2, 0.25) is 0 Å². The lowest BCUT2D eigenvalue weighted by Crippen LogP contribution is -2.36. The number of fused-ring (bicyclic) bond motifs is 12. The van der Waals surface area contributed by atoms with Gasteiger partial charge in [-0.2, -0.15) is 0 Å². The van der Waals surface area contributed by atoms with Gasteiger partial charge in [0.25, 0.3) is 0 Å². The lowest BCUT2D eigenvalue weighted by atomic mass is 9.63. The van der Waals surface area contributed by atoms with Crippen LogP contribution in [0.1, 0.15) is 48.7 Å². The van der Waals surface area contributed by atoms with Gasteiger partial charge in [0, 0.05) is 29.6 Å². The molecule has 0 N–H and O–H groups in total. The Bertz CT molecular complexity index is 3080. The van der Waals surface area contributed by atoms with Gasteiger partial charge < -0.3 is 9.80 Å². The van der Waals surface area contributed by atoms with Crippen LogP contribution in [0.2, 0.25) is 0 Å². The summed E-state index contributed by atoms with van der Waals surface area (Å²) < 4.78 is 0. The Morgan fingerprint density at radius 2 is 0.850 bits per heavy atom. The van der Waals surface area contributed by atoms with Crippen LogP contribution in [0.25, 0.3) is 33.4 Å². The van der Waals surface area contributed by atoms with Gasteiger partial charge in [-0.15, -0.1) is 0 Å². The predicted octanol–water partition coefficient (Wildman–Crippen LogP) is 15.5. The molecule has 0 saturated heterocycles. The largest absolute Gasteiger partial charge is 0.310 e. The quantitative estimate of drug-likeness (QED) is 0.172. The maximum Gasteiger partial charge on any atom is 0.0760 e. The molecule has 12 rings (SSSR count). The lowest BCUT2D eigenvalue weighted by molar-refractivity contribution is 0.660. The molecule has 1 aliphatic heterocycles. The average molecular weight is 769 g/mol. The maximum atomic E-state index is 2.45. The standard InChI is InChI=1S/C58H42N2.H2/c1-57(2)49-26-11-9-22-45(49)47-37-36-43(38-53(47)57)59(40-18-5-3-6-19-40)42-34-32-39(33-35-42)44-24-17-25-48-46-23-10-12-27-50(46)58(56(44)48)51-28-13-15-30-54(51)60(41-20-7-4-8-21-41)55-31-16-14-29-52(55)58;/h3-38H,1-2H3;1H. The Morgan fingerprint density at radius 1 is 0.367 bits per heavy atom. The minimum absolute atomic E-state index is 0. The van der Waals surface area contributed by atoms with E-state index >= 15 is 0 Å². The molecule has 0 fully saturated rings. The molecule has 2 aliphatic carbocycles. The Morgan fingerprint density at radius 3 is 1.53 bits per heavy atom. The maximum absolute atomic E-state index is 2.45. The number of benzene rings is 9. The molecule has 9 aromatic rings. The third-order valence-electron chi connectivity index (χ3n) is 13.4. The van der Waals surface area contributed by atoms with E-state index in [2.05, 4.69) is 242 Å². The van der Waals surface area contributed by atoms with Crippen LogP contribution < -0.4 is 9.80 Å². The molecule has 0 aromatic heterocycles. The number of anilines is 6. The topological polar surface area (TPSA) is 6.48 Å². The zero-order chi connectivity index (χ0) is 40.0. The number of rotatable bonds is 5. The summed E-state index contributed by atoms with van der Waals surface area (Å²) in [6, 6.07) is 80.9. The minimum atomic E-state index is -0.537. The molecule has 0 bridgehead atoms. The third-order valence-corrected chi connectivity index (χ3v) is 13.4. The highest BCUT2D eigenvalue weighted by Gasteiger charge is 2.52. The first-order valence-electron chi connectivity index (χ1n) is 21.0. The molecule has 2 heteroatoms. The Kier molecular flexibility index (Phi) is 7.52. The second-order valence-electron chi connectivity index (χ2n) is 16.8. The second kappa shape index (κ2) is 13.0. The van der Waals surface area contributed by atoms with Crippen LogP contribution in [0.15, 0.2) is 218 Å². The summed E-state index contributed by atoms with van der Waals surface area (Å²) in [5, 5.41) is 0. The molecule has 2 nitrogen and oxygen atoms in total. The van der Waals surface area contributed by atoms with Crippen LogP contribution in [0.3, 0.4) is 0 Å². The fourth-order valence-corrected chi connectivity index (χ4v) is 10.9. The highest BCUT2D eigenvalue weighted by atomic mass is 15.2. The number of hydrogen-bond acceptors (Lipinski definition) is 2. The van der Waals surface area contributed by atoms with E-state index in [4.69, 9.17) is 0 Å². The van der Waals surface area contributed by atoms with Gasteiger partial charge in [-0.25, -0.2) is 0 Å². The summed E-state index contributed by atoms with van der Waals surface area (Å²) in [4.78, 5) is 4.85. The third kappa shape index (κ3) is 4.76. The van der Waals surface area contributed by atoms with E-state index in [0.717, 1.165) is 22.7 Å². The van der Waals surface area contributed by atoms with Crippen LogP contribution in [0, 0.1) is 0 Å². The van der Waals surface area contributed by atoms with E-state index in [-0.39, 0.29) is 6.84 Å². The zero-order valence-electron chi connectivity index (χ0n) is 33.7. The second-order valence-corrected chi connectivity index (χ2v) is 16.8. The van der Waals surface area contributed by atoms with Gasteiger partial charge in [-0.1, -0.05) is 172 Å². The molecule has 3 aliphatic rings. The van der Waals surface area contributed by atoms with Crippen molar-refractivity contribution in [3.8, 4) is 33.4 Å². The molecule has 286 valence electrons. The van der Waals surface area contributed by atoms with Gasteiger partial charge in [0.05, 0.1) is 16.8 Å². The summed E-state index contributed by atoms with van der Waals surface area (Å²) >= 11 is 0. The smallest absolute Gasteiger partial charge is 0.0760 e. The van der Waals surface area contributed by atoms with E-state index in [1.54, 1.807) is 0 Å². The molecule has 1 spiro atoms. The SMILES string of the molecule is CC1(C)c2ccccc2-c2ccc(N(c3ccccc3)c3ccc(-c4cccc5c4C4(c6ccccc6-5)c5ccccc5N(c5ccccc5)c5ccccc54)cc3)cc21.[HH]. The summed E-state index contributed by atoms with van der Waals surface area (Å²) in [5.41, 5.74) is 22.0. The summed E-state index contributed by atoms with van der Waals surface area (Å²) in [7, 11) is 0. The van der Waals surface area contributed by atoms with E-state index in [1.165, 1.54) is 78.1 Å². The van der Waals surface area contributed by atoms with Gasteiger partial charge in [0.15, 0.2) is 0 Å². The van der Waals surface area contributed by atoms with E-state index in [1.807, 2.05) is 0 Å². The highest BCUT2D eigenvalue weighted by molar-refractivity contribution is 5.99. The normalized spacial score (nSPS) is 14.4. The van der Waals surface area contributed by atoms with Gasteiger partial charge in [-0.3, -0.25) is 0 Å². The molecule has 0 atom stereocenters. The van der Waals surface area contributed by atoms with Gasteiger partial charge in [-0.05, 0) is 127 Å². The Labute approximate surface area is 353 Å². The Hall–Kier alpha value is -7.42. The molecular weight excluding hydrogens is 725 g/mol. The van der Waals surface area contributed by atoms with Gasteiger partial charge >= 0.3 is 0 Å². The molecule has 1 heterocycles. The van der Waals surface area contributed by atoms with Crippen molar-refractivity contribution in [1.29, 1.82) is 0 Å². The fraction of sp³-hybridized carbons (Fsp3) is 0.0690. The molecule has 0 saturated carbocycles. The van der Waals surface area contributed by atoms with Crippen LogP contribution in [0.5, 0.6) is 0 Å². The van der Waals surface area contributed by atoms with Gasteiger partial charge in [0.1, 0.15) is 0 Å². The van der Waals surface area contributed by atoms with Crippen LogP contribution in [-0.4, -0.2) is 0 Å². The van der Waals surface area contributed by atoms with Crippen molar-refractivity contribution in [3.63, 3.8) is 0 Å². The van der Waals surface area contributed by atoms with Crippen LogP contribution in [0.4, 0.5) is 34.1 Å². The van der Waals surface area contributed by atoms with Crippen molar-refractivity contribution in [2.75, 3.05) is 9.80 Å². The molecule has 9 aromatic carbocycles. The lowest BCUT2D eigenvalue weighted by Gasteiger charge is -2.45. The molecule has 60 heavy (non-hydrogen) atoms. The van der Waals surface area contributed by atoms with Crippen LogP contribution >= 0.6 is 0 Å². The number of para-hydroxylation sites is 4. The van der Waals surface area contributed by atoms with E-state index in [9.17, 15) is 0 Å². The molecule has 0 unspecified atom stereocenters. The monoisotopic (exact) mass is 768 g/mol. The first-order chi connectivity index (χ1) is 29.5. The Balaban J connectivity index is 0.00000420. The van der Waals surface area contributed by atoms with Crippen molar-refractivity contribution in [1.82, 2.24) is 0 Å². The predicted molar refractivity (Wildman–Crippen MR) is 252 cm³/mol. The molecular formula is C58H44N2. The summed E-state index contributed by atoms with van der Waals surface area (Å²) in [5.74, 6) is 0. The first kappa shape index (κ1) is 34.6. The first-order valence-corrected chi connectivity index (χ1v) is 21.0. The van der Waals surface area contributed by atoms with Crippen molar-refractivity contribution in [2.24, 2.45) is 0 Å². The van der Waals surface area contributed by atoms with Crippen molar-refractivity contribution < 1.29 is 1.43 Å².